The van der Waals surface area contributed by atoms with Crippen LogP contribution in [0.3, 0.4) is 0 Å². The Labute approximate surface area is 254 Å². The van der Waals surface area contributed by atoms with Gasteiger partial charge >= 0.3 is 5.97 Å². The first-order valence-corrected chi connectivity index (χ1v) is 15.2. The molecule has 1 heterocycles. The molecule has 0 radical (unpaired) electrons. The number of hydrogen-bond acceptors (Lipinski definition) is 5. The van der Waals surface area contributed by atoms with Gasteiger partial charge in [0.1, 0.15) is 6.10 Å². The van der Waals surface area contributed by atoms with Crippen molar-refractivity contribution >= 4 is 17.8 Å². The van der Waals surface area contributed by atoms with Crippen LogP contribution in [0.4, 0.5) is 0 Å². The van der Waals surface area contributed by atoms with Crippen molar-refractivity contribution < 1.29 is 24.2 Å². The van der Waals surface area contributed by atoms with E-state index in [1.54, 1.807) is 0 Å². The molecule has 0 spiro atoms. The van der Waals surface area contributed by atoms with E-state index >= 15 is 0 Å². The summed E-state index contributed by atoms with van der Waals surface area (Å²) in [7, 11) is 0. The van der Waals surface area contributed by atoms with E-state index < -0.39 is 18.1 Å². The summed E-state index contributed by atoms with van der Waals surface area (Å²) in [5, 5.41) is 15.7. The molecule has 3 N–H and O–H groups in total. The topological polar surface area (TPSA) is 105 Å². The van der Waals surface area contributed by atoms with Crippen molar-refractivity contribution in [1.82, 2.24) is 10.6 Å². The molecule has 0 fully saturated rings. The van der Waals surface area contributed by atoms with Crippen LogP contribution in [0.2, 0.25) is 0 Å². The highest BCUT2D eigenvalue weighted by molar-refractivity contribution is 5.86. The first kappa shape index (κ1) is 31.7. The molecule has 4 atom stereocenters. The Bertz CT molecular complexity index is 1310. The summed E-state index contributed by atoms with van der Waals surface area (Å²) in [5.41, 5.74) is 2.88. The van der Waals surface area contributed by atoms with E-state index in [1.807, 2.05) is 103 Å². The zero-order valence-corrected chi connectivity index (χ0v) is 24.6. The molecule has 3 aromatic rings. The third kappa shape index (κ3) is 10.5. The predicted octanol–water partition coefficient (Wildman–Crippen LogP) is 5.10. The van der Waals surface area contributed by atoms with E-state index in [0.29, 0.717) is 25.7 Å². The number of allylic oxidation sites excluding steroid dienone is 2. The van der Waals surface area contributed by atoms with Gasteiger partial charge in [0.05, 0.1) is 31.0 Å². The number of ether oxygens (including phenoxy) is 1. The summed E-state index contributed by atoms with van der Waals surface area (Å²) >= 11 is 0. The second-order valence-corrected chi connectivity index (χ2v) is 11.1. The summed E-state index contributed by atoms with van der Waals surface area (Å²) in [5.74, 6) is -1.75. The number of aliphatic hydroxyl groups excluding tert-OH is 1. The van der Waals surface area contributed by atoms with Gasteiger partial charge in [-0.1, -0.05) is 103 Å². The fourth-order valence-electron chi connectivity index (χ4n) is 5.38. The Balaban J connectivity index is 1.46. The molecule has 2 amide bonds. The average Bonchev–Trinajstić information content (AvgIpc) is 3.03. The minimum atomic E-state index is -0.659. The lowest BCUT2D eigenvalue weighted by atomic mass is 9.93. The Kier molecular flexibility index (Phi) is 12.5. The lowest BCUT2D eigenvalue weighted by Gasteiger charge is -2.24. The van der Waals surface area contributed by atoms with E-state index in [-0.39, 0.29) is 43.3 Å². The van der Waals surface area contributed by atoms with Crippen LogP contribution < -0.4 is 10.6 Å². The largest absolute Gasteiger partial charge is 0.455 e. The number of carbonyl (C=O) groups excluding carboxylic acids is 3. The maximum atomic E-state index is 13.5. The summed E-state index contributed by atoms with van der Waals surface area (Å²) in [6.45, 7) is -0.103. The molecule has 0 saturated heterocycles. The van der Waals surface area contributed by atoms with Crippen molar-refractivity contribution in [3.63, 3.8) is 0 Å². The minimum Gasteiger partial charge on any atom is -0.455 e. The van der Waals surface area contributed by atoms with Gasteiger partial charge in [-0.05, 0) is 55.2 Å². The van der Waals surface area contributed by atoms with Gasteiger partial charge in [-0.25, -0.2) is 0 Å². The van der Waals surface area contributed by atoms with Crippen molar-refractivity contribution in [2.45, 2.75) is 57.1 Å². The summed E-state index contributed by atoms with van der Waals surface area (Å²) in [6, 6.07) is 28.6. The van der Waals surface area contributed by atoms with Gasteiger partial charge in [0.15, 0.2) is 0 Å². The molecule has 0 aromatic heterocycles. The van der Waals surface area contributed by atoms with Crippen LogP contribution in [0, 0.1) is 11.8 Å². The molecule has 4 rings (SSSR count). The van der Waals surface area contributed by atoms with Crippen LogP contribution in [0.15, 0.2) is 103 Å². The highest BCUT2D eigenvalue weighted by Gasteiger charge is 2.27. The van der Waals surface area contributed by atoms with Crippen molar-refractivity contribution in [3.05, 3.63) is 120 Å². The molecule has 226 valence electrons. The number of carbonyl (C=O) groups is 3. The van der Waals surface area contributed by atoms with Crippen LogP contribution in [-0.4, -0.2) is 42.1 Å². The first-order valence-electron chi connectivity index (χ1n) is 15.2. The molecule has 43 heavy (non-hydrogen) atoms. The molecule has 0 unspecified atom stereocenters. The van der Waals surface area contributed by atoms with Crippen LogP contribution in [0.1, 0.15) is 54.9 Å². The van der Waals surface area contributed by atoms with Crippen LogP contribution in [-0.2, 0) is 32.0 Å². The summed E-state index contributed by atoms with van der Waals surface area (Å²) < 4.78 is 6.08. The number of cyclic esters (lactones) is 1. The zero-order valence-electron chi connectivity index (χ0n) is 24.6. The fraction of sp³-hybridized carbons (Fsp3) is 0.361. The third-order valence-electron chi connectivity index (χ3n) is 7.77. The smallest absolute Gasteiger partial charge is 0.309 e. The molecule has 7 nitrogen and oxygen atoms in total. The Hall–Kier alpha value is -4.23. The van der Waals surface area contributed by atoms with Gasteiger partial charge < -0.3 is 20.5 Å². The number of aliphatic hydroxyl groups is 1. The number of hydrogen-bond donors (Lipinski definition) is 3. The number of esters is 1. The molecule has 0 aliphatic carbocycles. The molecule has 0 bridgehead atoms. The molecule has 7 heteroatoms. The van der Waals surface area contributed by atoms with Crippen LogP contribution in [0.5, 0.6) is 0 Å². The molecular weight excluding hydrogens is 540 g/mol. The fourth-order valence-corrected chi connectivity index (χ4v) is 5.38. The van der Waals surface area contributed by atoms with Gasteiger partial charge in [0.25, 0.3) is 0 Å². The van der Waals surface area contributed by atoms with Crippen molar-refractivity contribution in [3.8, 4) is 0 Å². The second-order valence-electron chi connectivity index (χ2n) is 11.1. The summed E-state index contributed by atoms with van der Waals surface area (Å²) in [4.78, 5) is 39.9. The van der Waals surface area contributed by atoms with E-state index in [0.717, 1.165) is 29.5 Å². The minimum absolute atomic E-state index is 0.0175. The Morgan fingerprint density at radius 2 is 1.53 bits per heavy atom. The van der Waals surface area contributed by atoms with E-state index in [9.17, 15) is 19.5 Å². The highest BCUT2D eigenvalue weighted by Crippen LogP contribution is 2.24. The van der Waals surface area contributed by atoms with E-state index in [2.05, 4.69) is 10.6 Å². The van der Waals surface area contributed by atoms with E-state index in [1.165, 1.54) is 0 Å². The lowest BCUT2D eigenvalue weighted by molar-refractivity contribution is -0.155. The maximum Gasteiger partial charge on any atom is 0.309 e. The maximum absolute atomic E-state index is 13.5. The van der Waals surface area contributed by atoms with Crippen molar-refractivity contribution in [2.75, 3.05) is 13.2 Å². The summed E-state index contributed by atoms with van der Waals surface area (Å²) in [6.07, 6.45) is 7.03. The molecule has 0 saturated carbocycles. The van der Waals surface area contributed by atoms with Gasteiger partial charge in [-0.15, -0.1) is 0 Å². The predicted molar refractivity (Wildman–Crippen MR) is 167 cm³/mol. The monoisotopic (exact) mass is 582 g/mol. The Morgan fingerprint density at radius 1 is 0.884 bits per heavy atom. The second kappa shape index (κ2) is 17.0. The van der Waals surface area contributed by atoms with Gasteiger partial charge in [-0.3, -0.25) is 14.4 Å². The number of rotatable bonds is 9. The number of benzene rings is 3. The van der Waals surface area contributed by atoms with Crippen LogP contribution in [0.25, 0.3) is 0 Å². The lowest BCUT2D eigenvalue weighted by Crippen LogP contribution is -2.42. The zero-order chi connectivity index (χ0) is 30.3. The average molecular weight is 583 g/mol. The molecule has 3 aromatic carbocycles. The third-order valence-corrected chi connectivity index (χ3v) is 7.77. The first-order chi connectivity index (χ1) is 21.0. The van der Waals surface area contributed by atoms with Crippen molar-refractivity contribution in [1.29, 1.82) is 0 Å². The number of amides is 2. The van der Waals surface area contributed by atoms with Gasteiger partial charge in [0, 0.05) is 6.42 Å². The quantitative estimate of drug-likeness (QED) is 0.241. The van der Waals surface area contributed by atoms with Crippen LogP contribution >= 0.6 is 0 Å². The molecule has 1 aliphatic heterocycles. The molecule has 1 aliphatic rings. The SMILES string of the molecule is O=C(C[C@H]1CC=CCCC[C@H](Cc2ccccc2)C(=O)O[C@H](c2ccccc2)CNC1=O)N[C@@H](CO)Cc1ccccc1. The van der Waals surface area contributed by atoms with E-state index in [4.69, 9.17) is 4.74 Å². The van der Waals surface area contributed by atoms with Crippen molar-refractivity contribution in [2.24, 2.45) is 11.8 Å². The Morgan fingerprint density at radius 3 is 2.21 bits per heavy atom. The normalized spacial score (nSPS) is 20.7. The van der Waals surface area contributed by atoms with Gasteiger partial charge in [0.2, 0.25) is 11.8 Å². The standard InChI is InChI=1S/C36H42N2O5/c39-26-32(23-28-16-8-4-9-17-28)38-34(40)24-30-20-10-1-2-11-21-31(22-27-14-6-3-7-15-27)36(42)43-33(25-37-35(30)41)29-18-12-5-13-19-29/h1,3-10,12-19,30-33,39H,2,11,20-26H2,(H,37,41)(H,38,40)/t30-,31-,32-,33+/m1/s1. The van der Waals surface area contributed by atoms with Gasteiger partial charge in [-0.2, -0.15) is 0 Å². The number of nitrogens with one attached hydrogen (secondary N) is 2. The highest BCUT2D eigenvalue weighted by atomic mass is 16.5. The molecular formula is C36H42N2O5.